The number of nitrogens with two attached hydrogens (primary N) is 1. The van der Waals surface area contributed by atoms with Crippen molar-refractivity contribution in [2.75, 3.05) is 13.1 Å². The van der Waals surface area contributed by atoms with Crippen LogP contribution >= 0.6 is 0 Å². The number of carbonyl (C=O) groups is 1. The molecule has 18 heavy (non-hydrogen) atoms. The Balaban J connectivity index is 2.31. The summed E-state index contributed by atoms with van der Waals surface area (Å²) in [6, 6.07) is 0. The fourth-order valence-electron chi connectivity index (χ4n) is 3.25. The minimum absolute atomic E-state index is 0.207. The summed E-state index contributed by atoms with van der Waals surface area (Å²) in [7, 11) is 0. The first-order valence-electron chi connectivity index (χ1n) is 7.55. The second-order valence-corrected chi connectivity index (χ2v) is 6.33. The molecule has 1 aliphatic carbocycles. The summed E-state index contributed by atoms with van der Waals surface area (Å²) in [4.78, 5) is 11.8. The summed E-state index contributed by atoms with van der Waals surface area (Å²) in [5.41, 5.74) is 5.82. The Morgan fingerprint density at radius 1 is 1.28 bits per heavy atom. The maximum Gasteiger partial charge on any atom is 0.220 e. The van der Waals surface area contributed by atoms with Crippen LogP contribution in [-0.2, 0) is 4.79 Å². The summed E-state index contributed by atoms with van der Waals surface area (Å²) in [6.45, 7) is 6.13. The molecule has 0 bridgehead atoms. The Hall–Kier alpha value is -0.570. The number of unbranched alkanes of at least 4 members (excludes halogenated alkanes) is 1. The van der Waals surface area contributed by atoms with Crippen LogP contribution in [0.5, 0.6) is 0 Å². The summed E-state index contributed by atoms with van der Waals surface area (Å²) in [6.07, 6.45) is 8.98. The second-order valence-electron chi connectivity index (χ2n) is 6.33. The first kappa shape index (κ1) is 15.5. The summed E-state index contributed by atoms with van der Waals surface area (Å²) < 4.78 is 0. The fraction of sp³-hybridized carbons (Fsp3) is 0.933. The molecule has 1 amide bonds. The van der Waals surface area contributed by atoms with Crippen LogP contribution in [0.15, 0.2) is 0 Å². The molecule has 1 rings (SSSR count). The molecule has 0 saturated heterocycles. The third kappa shape index (κ3) is 5.38. The quantitative estimate of drug-likeness (QED) is 0.654. The zero-order valence-electron chi connectivity index (χ0n) is 12.1. The molecule has 106 valence electrons. The highest BCUT2D eigenvalue weighted by atomic mass is 16.1. The molecule has 0 spiro atoms. The van der Waals surface area contributed by atoms with Gasteiger partial charge in [-0.05, 0) is 50.0 Å². The summed E-state index contributed by atoms with van der Waals surface area (Å²) in [5.74, 6) is 0.927. The highest BCUT2D eigenvalue weighted by Gasteiger charge is 2.34. The van der Waals surface area contributed by atoms with Gasteiger partial charge in [0.2, 0.25) is 5.91 Å². The van der Waals surface area contributed by atoms with E-state index >= 15 is 0 Å². The minimum Gasteiger partial charge on any atom is -0.356 e. The number of carbonyl (C=O) groups excluding carboxylic acids is 1. The van der Waals surface area contributed by atoms with Gasteiger partial charge >= 0.3 is 0 Å². The van der Waals surface area contributed by atoms with Crippen LogP contribution in [0.3, 0.4) is 0 Å². The molecule has 0 aromatic heterocycles. The van der Waals surface area contributed by atoms with E-state index in [0.717, 1.165) is 25.3 Å². The lowest BCUT2D eigenvalue weighted by molar-refractivity contribution is -0.121. The number of amides is 1. The van der Waals surface area contributed by atoms with E-state index in [4.69, 9.17) is 5.73 Å². The molecule has 3 heteroatoms. The van der Waals surface area contributed by atoms with Crippen molar-refractivity contribution in [2.24, 2.45) is 17.1 Å². The van der Waals surface area contributed by atoms with Crippen LogP contribution in [0.4, 0.5) is 0 Å². The van der Waals surface area contributed by atoms with Crippen molar-refractivity contribution in [1.29, 1.82) is 0 Å². The van der Waals surface area contributed by atoms with E-state index in [1.54, 1.807) is 0 Å². The van der Waals surface area contributed by atoms with Crippen LogP contribution in [0.25, 0.3) is 0 Å². The lowest BCUT2D eigenvalue weighted by Gasteiger charge is -2.31. The van der Waals surface area contributed by atoms with Gasteiger partial charge < -0.3 is 11.1 Å². The molecule has 0 aliphatic heterocycles. The third-order valence-electron chi connectivity index (χ3n) is 4.02. The van der Waals surface area contributed by atoms with Crippen molar-refractivity contribution < 1.29 is 4.79 Å². The zero-order chi connectivity index (χ0) is 13.4. The monoisotopic (exact) mass is 254 g/mol. The van der Waals surface area contributed by atoms with Gasteiger partial charge in [-0.1, -0.05) is 26.7 Å². The Kier molecular flexibility index (Phi) is 6.69. The van der Waals surface area contributed by atoms with Gasteiger partial charge in [0.05, 0.1) is 0 Å². The number of hydrogen-bond acceptors (Lipinski definition) is 2. The average Bonchev–Trinajstić information content (AvgIpc) is 2.75. The molecule has 0 heterocycles. The Bertz CT molecular complexity index is 245. The first-order valence-corrected chi connectivity index (χ1v) is 7.55. The molecular formula is C15H30N2O. The van der Waals surface area contributed by atoms with Gasteiger partial charge in [0, 0.05) is 13.0 Å². The van der Waals surface area contributed by atoms with Crippen LogP contribution < -0.4 is 11.1 Å². The van der Waals surface area contributed by atoms with E-state index < -0.39 is 0 Å². The normalized spacial score (nSPS) is 18.2. The van der Waals surface area contributed by atoms with Crippen LogP contribution in [0.1, 0.15) is 65.2 Å². The smallest absolute Gasteiger partial charge is 0.220 e. The molecule has 3 N–H and O–H groups in total. The lowest BCUT2D eigenvalue weighted by atomic mass is 9.78. The highest BCUT2D eigenvalue weighted by molar-refractivity contribution is 5.75. The summed E-state index contributed by atoms with van der Waals surface area (Å²) >= 11 is 0. The molecule has 1 saturated carbocycles. The largest absolute Gasteiger partial charge is 0.356 e. The summed E-state index contributed by atoms with van der Waals surface area (Å²) in [5, 5.41) is 3.15. The number of hydrogen-bond donors (Lipinski definition) is 2. The molecule has 1 fully saturated rings. The minimum atomic E-state index is 0.207. The van der Waals surface area contributed by atoms with Crippen molar-refractivity contribution >= 4 is 5.91 Å². The van der Waals surface area contributed by atoms with Crippen molar-refractivity contribution in [2.45, 2.75) is 65.2 Å². The number of nitrogens with one attached hydrogen (secondary N) is 1. The molecule has 0 unspecified atom stereocenters. The second kappa shape index (κ2) is 7.78. The third-order valence-corrected chi connectivity index (χ3v) is 4.02. The van der Waals surface area contributed by atoms with E-state index in [0.29, 0.717) is 18.4 Å². The van der Waals surface area contributed by atoms with Gasteiger partial charge in [0.25, 0.3) is 0 Å². The molecule has 0 radical (unpaired) electrons. The molecule has 0 aromatic rings. The van der Waals surface area contributed by atoms with Gasteiger partial charge in [-0.15, -0.1) is 0 Å². The van der Waals surface area contributed by atoms with Gasteiger partial charge in [0.15, 0.2) is 0 Å². The predicted molar refractivity (Wildman–Crippen MR) is 76.3 cm³/mol. The van der Waals surface area contributed by atoms with Gasteiger partial charge in [-0.2, -0.15) is 0 Å². The molecule has 0 atom stereocenters. The standard InChI is InChI=1S/C15H30N2O/c1-13(2)11-15(8-4-5-9-15)12-17-14(18)7-3-6-10-16/h13H,3-12,16H2,1-2H3,(H,17,18). The predicted octanol–water partition coefficient (Wildman–Crippen LogP) is 2.84. The van der Waals surface area contributed by atoms with Crippen molar-refractivity contribution in [1.82, 2.24) is 5.32 Å². The van der Waals surface area contributed by atoms with E-state index in [2.05, 4.69) is 19.2 Å². The van der Waals surface area contributed by atoms with Gasteiger partial charge in [-0.3, -0.25) is 4.79 Å². The zero-order valence-corrected chi connectivity index (χ0v) is 12.1. The topological polar surface area (TPSA) is 55.1 Å². The Morgan fingerprint density at radius 3 is 2.50 bits per heavy atom. The van der Waals surface area contributed by atoms with Crippen LogP contribution in [-0.4, -0.2) is 19.0 Å². The molecule has 1 aliphatic rings. The van der Waals surface area contributed by atoms with Crippen molar-refractivity contribution in [3.05, 3.63) is 0 Å². The van der Waals surface area contributed by atoms with E-state index in [1.165, 1.54) is 32.1 Å². The van der Waals surface area contributed by atoms with Crippen molar-refractivity contribution in [3.8, 4) is 0 Å². The maximum absolute atomic E-state index is 11.8. The molecule has 0 aromatic carbocycles. The van der Waals surface area contributed by atoms with Gasteiger partial charge in [0.1, 0.15) is 0 Å². The van der Waals surface area contributed by atoms with E-state index in [1.807, 2.05) is 0 Å². The Morgan fingerprint density at radius 2 is 1.94 bits per heavy atom. The number of rotatable bonds is 8. The molecular weight excluding hydrogens is 224 g/mol. The fourth-order valence-corrected chi connectivity index (χ4v) is 3.25. The lowest BCUT2D eigenvalue weighted by Crippen LogP contribution is -2.36. The van der Waals surface area contributed by atoms with Gasteiger partial charge in [-0.25, -0.2) is 0 Å². The Labute approximate surface area is 112 Å². The van der Waals surface area contributed by atoms with E-state index in [-0.39, 0.29) is 5.91 Å². The average molecular weight is 254 g/mol. The molecule has 3 nitrogen and oxygen atoms in total. The first-order chi connectivity index (χ1) is 8.58. The van der Waals surface area contributed by atoms with E-state index in [9.17, 15) is 4.79 Å². The van der Waals surface area contributed by atoms with Crippen LogP contribution in [0.2, 0.25) is 0 Å². The van der Waals surface area contributed by atoms with Crippen molar-refractivity contribution in [3.63, 3.8) is 0 Å². The highest BCUT2D eigenvalue weighted by Crippen LogP contribution is 2.42. The SMILES string of the molecule is CC(C)CC1(CNC(=O)CCCCN)CCCC1. The maximum atomic E-state index is 11.8. The van der Waals surface area contributed by atoms with Crippen LogP contribution in [0, 0.1) is 11.3 Å².